The van der Waals surface area contributed by atoms with Gasteiger partial charge in [-0.25, -0.2) is 9.97 Å². The number of hydrogen-bond donors (Lipinski definition) is 2. The first kappa shape index (κ1) is 26.6. The van der Waals surface area contributed by atoms with Gasteiger partial charge in [-0.2, -0.15) is 13.2 Å². The first-order valence-corrected chi connectivity index (χ1v) is 12.4. The van der Waals surface area contributed by atoms with Crippen molar-refractivity contribution in [1.82, 2.24) is 14.9 Å². The van der Waals surface area contributed by atoms with Crippen molar-refractivity contribution in [3.63, 3.8) is 0 Å². The number of carbonyl (C=O) groups is 1. The summed E-state index contributed by atoms with van der Waals surface area (Å²) in [5.41, 5.74) is 3.24. The maximum absolute atomic E-state index is 13.7. The van der Waals surface area contributed by atoms with Crippen molar-refractivity contribution in [3.8, 4) is 0 Å². The van der Waals surface area contributed by atoms with Gasteiger partial charge in [-0.15, -0.1) is 0 Å². The molecule has 1 aliphatic rings. The van der Waals surface area contributed by atoms with Crippen LogP contribution in [-0.4, -0.2) is 46.1 Å². The lowest BCUT2D eigenvalue weighted by Gasteiger charge is -2.29. The molecule has 0 unspecified atom stereocenters. The van der Waals surface area contributed by atoms with E-state index in [1.807, 2.05) is 13.0 Å². The number of alkyl halides is 3. The van der Waals surface area contributed by atoms with Crippen molar-refractivity contribution in [3.05, 3.63) is 82.2 Å². The van der Waals surface area contributed by atoms with Crippen LogP contribution in [0.15, 0.2) is 48.7 Å². The van der Waals surface area contributed by atoms with Gasteiger partial charge in [-0.3, -0.25) is 4.79 Å². The van der Waals surface area contributed by atoms with Crippen LogP contribution in [0.5, 0.6) is 0 Å². The minimum atomic E-state index is -4.60. The van der Waals surface area contributed by atoms with Gasteiger partial charge in [-0.05, 0) is 87.0 Å². The number of likely N-dealkylation sites (tertiary alicyclic amines) is 1. The van der Waals surface area contributed by atoms with E-state index < -0.39 is 17.7 Å². The fourth-order valence-corrected chi connectivity index (χ4v) is 4.84. The van der Waals surface area contributed by atoms with Gasteiger partial charge in [0.15, 0.2) is 0 Å². The number of carboxylic acid groups (broad SMARTS) is 1. The number of nitrogens with one attached hydrogen (secondary N) is 1. The zero-order valence-electron chi connectivity index (χ0n) is 21.0. The Balaban J connectivity index is 1.54. The number of nitrogens with zero attached hydrogens (tertiary/aromatic N) is 3. The summed E-state index contributed by atoms with van der Waals surface area (Å²) in [5, 5.41) is 12.2. The Morgan fingerprint density at radius 1 is 1.11 bits per heavy atom. The van der Waals surface area contributed by atoms with Crippen molar-refractivity contribution in [2.75, 3.05) is 25.5 Å². The van der Waals surface area contributed by atoms with Crippen LogP contribution in [-0.2, 0) is 30.2 Å². The number of piperidine rings is 1. The number of aliphatic carboxylic acids is 1. The molecular formula is C28H31F3N4O2. The average Bonchev–Trinajstić information content (AvgIpc) is 2.84. The lowest BCUT2D eigenvalue weighted by Crippen LogP contribution is -2.29. The predicted molar refractivity (Wildman–Crippen MR) is 136 cm³/mol. The average molecular weight is 513 g/mol. The molecule has 1 saturated heterocycles. The van der Waals surface area contributed by atoms with E-state index in [2.05, 4.69) is 39.4 Å². The van der Waals surface area contributed by atoms with Gasteiger partial charge in [0.1, 0.15) is 0 Å². The SMILES string of the molecule is Cc1cc(C2CCN(C)CC2)ccc1Nc1ncc(C(F)(F)F)c(CCc2ccccc2CC(=O)O)n1. The van der Waals surface area contributed by atoms with Crippen LogP contribution in [0, 0.1) is 6.92 Å². The highest BCUT2D eigenvalue weighted by Gasteiger charge is 2.35. The zero-order valence-corrected chi connectivity index (χ0v) is 21.0. The molecule has 37 heavy (non-hydrogen) atoms. The summed E-state index contributed by atoms with van der Waals surface area (Å²) in [4.78, 5) is 21.7. The third-order valence-corrected chi connectivity index (χ3v) is 6.95. The maximum Gasteiger partial charge on any atom is 0.419 e. The topological polar surface area (TPSA) is 78.4 Å². The van der Waals surface area contributed by atoms with E-state index in [0.717, 1.165) is 43.4 Å². The van der Waals surface area contributed by atoms with Gasteiger partial charge < -0.3 is 15.3 Å². The van der Waals surface area contributed by atoms with E-state index in [9.17, 15) is 18.0 Å². The number of benzene rings is 2. The first-order chi connectivity index (χ1) is 17.6. The summed E-state index contributed by atoms with van der Waals surface area (Å²) >= 11 is 0. The first-order valence-electron chi connectivity index (χ1n) is 12.4. The van der Waals surface area contributed by atoms with E-state index in [-0.39, 0.29) is 30.9 Å². The van der Waals surface area contributed by atoms with Crippen LogP contribution in [0.2, 0.25) is 0 Å². The van der Waals surface area contributed by atoms with Crippen molar-refractivity contribution >= 4 is 17.6 Å². The highest BCUT2D eigenvalue weighted by Crippen LogP contribution is 2.33. The second kappa shape index (κ2) is 11.3. The smallest absolute Gasteiger partial charge is 0.419 e. The number of halogens is 3. The predicted octanol–water partition coefficient (Wildman–Crippen LogP) is 5.77. The molecule has 4 rings (SSSR count). The standard InChI is InChI=1S/C28H31F3N4O2/c1-18-15-22(20-11-13-35(2)14-12-20)8-9-24(18)33-27-32-17-23(28(29,30)31)25(34-27)10-7-19-5-3-4-6-21(19)16-26(36)37/h3-6,8-9,15,17,20H,7,10-14,16H2,1-2H3,(H,36,37)(H,32,33,34). The van der Waals surface area contributed by atoms with Gasteiger partial charge in [0, 0.05) is 11.9 Å². The molecule has 1 aromatic heterocycles. The Labute approximate surface area is 214 Å². The second-order valence-electron chi connectivity index (χ2n) is 9.67. The summed E-state index contributed by atoms with van der Waals surface area (Å²) in [6, 6.07) is 13.0. The van der Waals surface area contributed by atoms with Gasteiger partial charge in [-0.1, -0.05) is 36.4 Å². The van der Waals surface area contributed by atoms with Gasteiger partial charge >= 0.3 is 12.1 Å². The van der Waals surface area contributed by atoms with Crippen LogP contribution in [0.25, 0.3) is 0 Å². The van der Waals surface area contributed by atoms with Crippen molar-refractivity contribution in [2.24, 2.45) is 0 Å². The molecule has 1 aliphatic heterocycles. The van der Waals surface area contributed by atoms with Gasteiger partial charge in [0.05, 0.1) is 17.7 Å². The van der Waals surface area contributed by atoms with Crippen LogP contribution in [0.3, 0.4) is 0 Å². The monoisotopic (exact) mass is 512 g/mol. The number of aryl methyl sites for hydroxylation is 3. The van der Waals surface area contributed by atoms with E-state index in [1.165, 1.54) is 5.56 Å². The maximum atomic E-state index is 13.7. The molecule has 2 heterocycles. The van der Waals surface area contributed by atoms with Gasteiger partial charge in [0.25, 0.3) is 0 Å². The van der Waals surface area contributed by atoms with Gasteiger partial charge in [0.2, 0.25) is 5.95 Å². The molecule has 6 nitrogen and oxygen atoms in total. The summed E-state index contributed by atoms with van der Waals surface area (Å²) < 4.78 is 41.1. The minimum absolute atomic E-state index is 0.00325. The summed E-state index contributed by atoms with van der Waals surface area (Å²) in [6.45, 7) is 4.09. The molecule has 196 valence electrons. The van der Waals surface area contributed by atoms with Crippen molar-refractivity contribution in [1.29, 1.82) is 0 Å². The highest BCUT2D eigenvalue weighted by atomic mass is 19.4. The van der Waals surface area contributed by atoms with Crippen molar-refractivity contribution in [2.45, 2.75) is 51.1 Å². The molecule has 3 aromatic rings. The molecule has 0 saturated carbocycles. The summed E-state index contributed by atoms with van der Waals surface area (Å²) in [7, 11) is 2.13. The van der Waals surface area contributed by atoms with E-state index in [0.29, 0.717) is 17.0 Å². The number of hydrogen-bond acceptors (Lipinski definition) is 5. The Morgan fingerprint density at radius 3 is 2.46 bits per heavy atom. The molecule has 9 heteroatoms. The highest BCUT2D eigenvalue weighted by molar-refractivity contribution is 5.70. The molecular weight excluding hydrogens is 481 g/mol. The molecule has 0 spiro atoms. The third kappa shape index (κ3) is 6.85. The quantitative estimate of drug-likeness (QED) is 0.399. The normalized spacial score (nSPS) is 15.1. The molecule has 1 fully saturated rings. The third-order valence-electron chi connectivity index (χ3n) is 6.95. The van der Waals surface area contributed by atoms with E-state index in [1.54, 1.807) is 24.3 Å². The molecule has 0 aliphatic carbocycles. The number of anilines is 2. The Bertz CT molecular complexity index is 1250. The fourth-order valence-electron chi connectivity index (χ4n) is 4.84. The molecule has 0 atom stereocenters. The molecule has 0 radical (unpaired) electrons. The van der Waals surface area contributed by atoms with Crippen molar-refractivity contribution < 1.29 is 23.1 Å². The largest absolute Gasteiger partial charge is 0.481 e. The van der Waals surface area contributed by atoms with E-state index in [4.69, 9.17) is 5.11 Å². The second-order valence-corrected chi connectivity index (χ2v) is 9.67. The summed E-state index contributed by atoms with van der Waals surface area (Å²) in [5.74, 6) is -0.395. The molecule has 2 aromatic carbocycles. The molecule has 0 bridgehead atoms. The number of carboxylic acids is 1. The number of aromatic nitrogens is 2. The Hall–Kier alpha value is -3.46. The molecule has 0 amide bonds. The van der Waals surface area contributed by atoms with Crippen LogP contribution in [0.4, 0.5) is 24.8 Å². The summed E-state index contributed by atoms with van der Waals surface area (Å²) in [6.07, 6.45) is -1.54. The van der Waals surface area contributed by atoms with Crippen LogP contribution >= 0.6 is 0 Å². The minimum Gasteiger partial charge on any atom is -0.481 e. The van der Waals surface area contributed by atoms with Crippen LogP contribution in [0.1, 0.15) is 52.3 Å². The fraction of sp³-hybridized carbons (Fsp3) is 0.393. The molecule has 2 N–H and O–H groups in total. The van der Waals surface area contributed by atoms with Crippen LogP contribution < -0.4 is 5.32 Å². The Morgan fingerprint density at radius 2 is 1.81 bits per heavy atom. The number of rotatable bonds is 8. The zero-order chi connectivity index (χ0) is 26.6. The lowest BCUT2D eigenvalue weighted by atomic mass is 9.88. The van der Waals surface area contributed by atoms with E-state index >= 15 is 0 Å². The Kier molecular flexibility index (Phi) is 8.12. The lowest BCUT2D eigenvalue weighted by molar-refractivity contribution is -0.139.